The van der Waals surface area contributed by atoms with Gasteiger partial charge in [-0.25, -0.2) is 10.8 Å². The number of nitrogen functional groups attached to an aromatic ring is 1. The van der Waals surface area contributed by atoms with Crippen molar-refractivity contribution in [3.05, 3.63) is 11.4 Å². The lowest BCUT2D eigenvalue weighted by Gasteiger charge is -2.31. The molecular formula is C15H26N4O. The SMILES string of the molecule is CCc1nc(NN)c(C)c(OC2CCCCC2CC)n1. The summed E-state index contributed by atoms with van der Waals surface area (Å²) in [5, 5.41) is 0. The van der Waals surface area contributed by atoms with Gasteiger partial charge in [0.15, 0.2) is 0 Å². The Kier molecular flexibility index (Phi) is 5.17. The maximum atomic E-state index is 6.23. The second kappa shape index (κ2) is 6.88. The molecule has 112 valence electrons. The van der Waals surface area contributed by atoms with Gasteiger partial charge in [0.05, 0.1) is 5.56 Å². The maximum Gasteiger partial charge on any atom is 0.222 e. The lowest BCUT2D eigenvalue weighted by Crippen LogP contribution is -2.30. The summed E-state index contributed by atoms with van der Waals surface area (Å²) in [5.41, 5.74) is 3.54. The molecule has 0 aliphatic heterocycles. The average Bonchev–Trinajstić information content (AvgIpc) is 2.49. The minimum atomic E-state index is 0.276. The van der Waals surface area contributed by atoms with E-state index < -0.39 is 0 Å². The zero-order valence-corrected chi connectivity index (χ0v) is 12.8. The summed E-state index contributed by atoms with van der Waals surface area (Å²) in [6, 6.07) is 0. The summed E-state index contributed by atoms with van der Waals surface area (Å²) in [6.07, 6.45) is 7.15. The molecule has 5 nitrogen and oxygen atoms in total. The first-order valence-corrected chi connectivity index (χ1v) is 7.70. The number of nitrogens with two attached hydrogens (primary N) is 1. The molecule has 2 unspecified atom stereocenters. The zero-order chi connectivity index (χ0) is 14.5. The van der Waals surface area contributed by atoms with E-state index in [0.29, 0.717) is 17.6 Å². The van der Waals surface area contributed by atoms with Crippen LogP contribution in [0.4, 0.5) is 5.82 Å². The first-order valence-electron chi connectivity index (χ1n) is 7.70. The maximum absolute atomic E-state index is 6.23. The summed E-state index contributed by atoms with van der Waals surface area (Å²) in [5.74, 6) is 8.29. The van der Waals surface area contributed by atoms with Crippen LogP contribution in [0.1, 0.15) is 57.3 Å². The molecule has 0 radical (unpaired) electrons. The van der Waals surface area contributed by atoms with Crippen LogP contribution in [0.3, 0.4) is 0 Å². The molecule has 0 saturated heterocycles. The van der Waals surface area contributed by atoms with E-state index in [0.717, 1.165) is 30.7 Å². The Hall–Kier alpha value is -1.36. The number of hydrazine groups is 1. The van der Waals surface area contributed by atoms with E-state index in [-0.39, 0.29) is 6.10 Å². The minimum absolute atomic E-state index is 0.276. The topological polar surface area (TPSA) is 73.1 Å². The molecule has 3 N–H and O–H groups in total. The van der Waals surface area contributed by atoms with Gasteiger partial charge in [-0.15, -0.1) is 0 Å². The third-order valence-corrected chi connectivity index (χ3v) is 4.23. The molecule has 1 aliphatic carbocycles. The third kappa shape index (κ3) is 3.20. The van der Waals surface area contributed by atoms with Crippen LogP contribution in [0.15, 0.2) is 0 Å². The van der Waals surface area contributed by atoms with Gasteiger partial charge in [-0.05, 0) is 38.5 Å². The number of hydrogen-bond acceptors (Lipinski definition) is 5. The van der Waals surface area contributed by atoms with E-state index in [1.807, 2.05) is 13.8 Å². The predicted molar refractivity (Wildman–Crippen MR) is 80.6 cm³/mol. The van der Waals surface area contributed by atoms with Crippen molar-refractivity contribution in [2.75, 3.05) is 5.43 Å². The zero-order valence-electron chi connectivity index (χ0n) is 12.8. The Balaban J connectivity index is 2.23. The van der Waals surface area contributed by atoms with E-state index in [2.05, 4.69) is 22.3 Å². The van der Waals surface area contributed by atoms with E-state index in [1.165, 1.54) is 19.3 Å². The second-order valence-electron chi connectivity index (χ2n) is 5.53. The molecule has 2 atom stereocenters. The third-order valence-electron chi connectivity index (χ3n) is 4.23. The predicted octanol–water partition coefficient (Wildman–Crippen LogP) is 2.98. The van der Waals surface area contributed by atoms with Crippen molar-refractivity contribution in [1.82, 2.24) is 9.97 Å². The van der Waals surface area contributed by atoms with Crippen molar-refractivity contribution in [2.45, 2.75) is 65.4 Å². The molecule has 1 aliphatic rings. The summed E-state index contributed by atoms with van der Waals surface area (Å²) in [4.78, 5) is 8.91. The second-order valence-corrected chi connectivity index (χ2v) is 5.53. The van der Waals surface area contributed by atoms with Crippen LogP contribution < -0.4 is 16.0 Å². The fourth-order valence-electron chi connectivity index (χ4n) is 2.89. The van der Waals surface area contributed by atoms with E-state index >= 15 is 0 Å². The largest absolute Gasteiger partial charge is 0.474 e. The number of anilines is 1. The number of aromatic nitrogens is 2. The molecular weight excluding hydrogens is 252 g/mol. The highest BCUT2D eigenvalue weighted by molar-refractivity contribution is 5.47. The lowest BCUT2D eigenvalue weighted by atomic mass is 9.85. The van der Waals surface area contributed by atoms with Crippen LogP contribution in [0, 0.1) is 12.8 Å². The lowest BCUT2D eigenvalue weighted by molar-refractivity contribution is 0.0848. The van der Waals surface area contributed by atoms with Crippen molar-refractivity contribution in [3.8, 4) is 5.88 Å². The van der Waals surface area contributed by atoms with Gasteiger partial charge in [-0.2, -0.15) is 4.98 Å². The van der Waals surface area contributed by atoms with Crippen LogP contribution in [0.2, 0.25) is 0 Å². The standard InChI is InChI=1S/C15H26N4O/c1-4-11-8-6-7-9-12(11)20-15-10(3)14(19-16)17-13(5-2)18-15/h11-12H,4-9,16H2,1-3H3,(H,17,18,19). The number of nitrogens with one attached hydrogen (secondary N) is 1. The number of nitrogens with zero attached hydrogens (tertiary/aromatic N) is 2. The summed E-state index contributed by atoms with van der Waals surface area (Å²) in [6.45, 7) is 6.22. The van der Waals surface area contributed by atoms with Gasteiger partial charge in [-0.1, -0.05) is 20.3 Å². The quantitative estimate of drug-likeness (QED) is 0.640. The van der Waals surface area contributed by atoms with Crippen LogP contribution >= 0.6 is 0 Å². The number of hydrogen-bond donors (Lipinski definition) is 2. The Morgan fingerprint density at radius 3 is 2.65 bits per heavy atom. The molecule has 1 saturated carbocycles. The minimum Gasteiger partial charge on any atom is -0.474 e. The fourth-order valence-corrected chi connectivity index (χ4v) is 2.89. The first kappa shape index (κ1) is 15.0. The van der Waals surface area contributed by atoms with Crippen LogP contribution in [0.5, 0.6) is 5.88 Å². The Morgan fingerprint density at radius 1 is 1.25 bits per heavy atom. The summed E-state index contributed by atoms with van der Waals surface area (Å²) < 4.78 is 6.23. The van der Waals surface area contributed by atoms with Gasteiger partial charge < -0.3 is 10.2 Å². The van der Waals surface area contributed by atoms with Crippen molar-refractivity contribution < 1.29 is 4.74 Å². The highest BCUT2D eigenvalue weighted by Crippen LogP contribution is 2.32. The molecule has 1 aromatic heterocycles. The van der Waals surface area contributed by atoms with Gasteiger partial charge >= 0.3 is 0 Å². The van der Waals surface area contributed by atoms with Crippen LogP contribution in [0.25, 0.3) is 0 Å². The Morgan fingerprint density at radius 2 is 2.00 bits per heavy atom. The van der Waals surface area contributed by atoms with Gasteiger partial charge in [0, 0.05) is 6.42 Å². The molecule has 1 fully saturated rings. The highest BCUT2D eigenvalue weighted by Gasteiger charge is 2.26. The molecule has 0 bridgehead atoms. The molecule has 1 heterocycles. The van der Waals surface area contributed by atoms with Gasteiger partial charge in [0.25, 0.3) is 0 Å². The van der Waals surface area contributed by atoms with Gasteiger partial charge in [-0.3, -0.25) is 0 Å². The Bertz CT molecular complexity index is 450. The summed E-state index contributed by atoms with van der Waals surface area (Å²) >= 11 is 0. The molecule has 0 aromatic carbocycles. The first-order chi connectivity index (χ1) is 9.69. The van der Waals surface area contributed by atoms with E-state index in [4.69, 9.17) is 10.6 Å². The molecule has 0 amide bonds. The highest BCUT2D eigenvalue weighted by atomic mass is 16.5. The molecule has 5 heteroatoms. The monoisotopic (exact) mass is 278 g/mol. The van der Waals surface area contributed by atoms with Crippen molar-refractivity contribution in [1.29, 1.82) is 0 Å². The van der Waals surface area contributed by atoms with Crippen molar-refractivity contribution in [3.63, 3.8) is 0 Å². The van der Waals surface area contributed by atoms with Crippen LogP contribution in [-0.2, 0) is 6.42 Å². The average molecular weight is 278 g/mol. The van der Waals surface area contributed by atoms with Gasteiger partial charge in [0.2, 0.25) is 5.88 Å². The van der Waals surface area contributed by atoms with Gasteiger partial charge in [0.1, 0.15) is 17.7 Å². The molecule has 1 aromatic rings. The van der Waals surface area contributed by atoms with E-state index in [9.17, 15) is 0 Å². The summed E-state index contributed by atoms with van der Waals surface area (Å²) in [7, 11) is 0. The smallest absolute Gasteiger partial charge is 0.222 e. The van der Waals surface area contributed by atoms with Crippen LogP contribution in [-0.4, -0.2) is 16.1 Å². The molecule has 20 heavy (non-hydrogen) atoms. The number of aryl methyl sites for hydroxylation is 1. The fraction of sp³-hybridized carbons (Fsp3) is 0.733. The Labute approximate surface area is 121 Å². The van der Waals surface area contributed by atoms with E-state index in [1.54, 1.807) is 0 Å². The molecule has 0 spiro atoms. The van der Waals surface area contributed by atoms with Crippen molar-refractivity contribution in [2.24, 2.45) is 11.8 Å². The normalized spacial score (nSPS) is 22.6. The molecule has 2 rings (SSSR count). The van der Waals surface area contributed by atoms with Crippen molar-refractivity contribution >= 4 is 5.82 Å². The number of rotatable bonds is 5. The number of ether oxygens (including phenoxy) is 1.